The summed E-state index contributed by atoms with van der Waals surface area (Å²) in [7, 11) is 0. The van der Waals surface area contributed by atoms with Crippen LogP contribution in [0.3, 0.4) is 0 Å². The molecule has 0 aliphatic carbocycles. The van der Waals surface area contributed by atoms with Crippen LogP contribution in [0, 0.1) is 26.0 Å². The molecule has 0 fully saturated rings. The lowest BCUT2D eigenvalue weighted by Crippen LogP contribution is -2.28. The molecule has 0 unspecified atom stereocenters. The molecule has 1 aromatic carbocycles. The predicted molar refractivity (Wildman–Crippen MR) is 75.6 cm³/mol. The van der Waals surface area contributed by atoms with E-state index in [1.807, 2.05) is 19.1 Å². The van der Waals surface area contributed by atoms with Gasteiger partial charge in [-0.25, -0.2) is 0 Å². The van der Waals surface area contributed by atoms with Crippen LogP contribution in [0.5, 0.6) is 0 Å². The van der Waals surface area contributed by atoms with Crippen molar-refractivity contribution < 1.29 is 4.73 Å². The van der Waals surface area contributed by atoms with Crippen molar-refractivity contribution in [2.75, 3.05) is 0 Å². The first-order valence-electron chi connectivity index (χ1n) is 5.95. The molecule has 2 aromatic rings. The van der Waals surface area contributed by atoms with Crippen molar-refractivity contribution in [3.63, 3.8) is 0 Å². The zero-order valence-electron chi connectivity index (χ0n) is 10.9. The Bertz CT molecular complexity index is 515. The first kappa shape index (κ1) is 13.0. The fourth-order valence-corrected chi connectivity index (χ4v) is 2.85. The van der Waals surface area contributed by atoms with Crippen molar-refractivity contribution in [1.82, 2.24) is 0 Å². The highest BCUT2D eigenvalue weighted by atomic mass is 32.2. The smallest absolute Gasteiger partial charge is 0.251 e. The van der Waals surface area contributed by atoms with Crippen molar-refractivity contribution in [3.05, 3.63) is 64.0 Å². The Morgan fingerprint density at radius 3 is 2.56 bits per heavy atom. The Hall–Kier alpha value is -1.48. The van der Waals surface area contributed by atoms with Crippen molar-refractivity contribution in [1.29, 1.82) is 0 Å². The molecule has 0 saturated carbocycles. The SMILES string of the molecule is Cc1ccc(C)c(CSc2cc(C)cc[n+]2[O-])c1. The summed E-state index contributed by atoms with van der Waals surface area (Å²) < 4.78 is 0.933. The maximum atomic E-state index is 11.6. The summed E-state index contributed by atoms with van der Waals surface area (Å²) in [6.45, 7) is 6.20. The Morgan fingerprint density at radius 1 is 1.06 bits per heavy atom. The van der Waals surface area contributed by atoms with Gasteiger partial charge in [0.25, 0.3) is 5.03 Å². The van der Waals surface area contributed by atoms with Crippen LogP contribution in [-0.4, -0.2) is 0 Å². The van der Waals surface area contributed by atoms with Gasteiger partial charge in [-0.05, 0) is 37.5 Å². The summed E-state index contributed by atoms with van der Waals surface area (Å²) in [5.74, 6) is 0.833. The van der Waals surface area contributed by atoms with Gasteiger partial charge in [-0.2, -0.15) is 4.73 Å². The zero-order chi connectivity index (χ0) is 13.1. The van der Waals surface area contributed by atoms with E-state index in [0.29, 0.717) is 0 Å². The zero-order valence-corrected chi connectivity index (χ0v) is 11.8. The van der Waals surface area contributed by atoms with Gasteiger partial charge in [0.15, 0.2) is 6.20 Å². The minimum Gasteiger partial charge on any atom is -0.618 e. The predicted octanol–water partition coefficient (Wildman–Crippen LogP) is 3.54. The maximum Gasteiger partial charge on any atom is 0.251 e. The number of aromatic nitrogens is 1. The number of hydrogen-bond donors (Lipinski definition) is 0. The van der Waals surface area contributed by atoms with Gasteiger partial charge >= 0.3 is 0 Å². The summed E-state index contributed by atoms with van der Waals surface area (Å²) in [6, 6.07) is 10.2. The Labute approximate surface area is 112 Å². The molecule has 0 saturated heterocycles. The first-order valence-corrected chi connectivity index (χ1v) is 6.93. The topological polar surface area (TPSA) is 26.9 Å². The van der Waals surface area contributed by atoms with E-state index in [9.17, 15) is 5.21 Å². The number of benzene rings is 1. The fraction of sp³-hybridized carbons (Fsp3) is 0.267. The summed E-state index contributed by atoms with van der Waals surface area (Å²) in [5.41, 5.74) is 4.95. The summed E-state index contributed by atoms with van der Waals surface area (Å²) in [4.78, 5) is 0. The molecule has 0 aliphatic heterocycles. The molecule has 2 rings (SSSR count). The average Bonchev–Trinajstić information content (AvgIpc) is 2.34. The lowest BCUT2D eigenvalue weighted by molar-refractivity contribution is -0.645. The number of thioether (sulfide) groups is 1. The average molecular weight is 259 g/mol. The van der Waals surface area contributed by atoms with Crippen molar-refractivity contribution in [2.45, 2.75) is 31.6 Å². The molecule has 0 bridgehead atoms. The molecular formula is C15H17NOS. The standard InChI is InChI=1S/C15H17NOS/c1-11-4-5-13(3)14(8-11)10-18-15-9-12(2)6-7-16(15)17/h4-9H,10H2,1-3H3. The van der Waals surface area contributed by atoms with Crippen molar-refractivity contribution in [3.8, 4) is 0 Å². The van der Waals surface area contributed by atoms with E-state index in [1.165, 1.54) is 16.7 Å². The number of pyridine rings is 1. The number of rotatable bonds is 3. The molecule has 0 radical (unpaired) electrons. The number of aryl methyl sites for hydroxylation is 3. The summed E-state index contributed by atoms with van der Waals surface area (Å²) in [5, 5.41) is 12.4. The maximum absolute atomic E-state index is 11.6. The second kappa shape index (κ2) is 5.44. The van der Waals surface area contributed by atoms with Gasteiger partial charge in [-0.1, -0.05) is 35.5 Å². The second-order valence-corrected chi connectivity index (χ2v) is 5.58. The lowest BCUT2D eigenvalue weighted by Gasteiger charge is -2.07. The molecule has 3 heteroatoms. The third-order valence-corrected chi connectivity index (χ3v) is 3.97. The third-order valence-electron chi connectivity index (χ3n) is 2.92. The molecule has 1 aromatic heterocycles. The molecule has 0 amide bonds. The van der Waals surface area contributed by atoms with Gasteiger partial charge in [0.05, 0.1) is 0 Å². The Balaban J connectivity index is 2.16. The molecule has 0 N–H and O–H groups in total. The molecule has 1 heterocycles. The quantitative estimate of drug-likeness (QED) is 0.479. The minimum absolute atomic E-state index is 0.760. The van der Waals surface area contributed by atoms with Gasteiger partial charge < -0.3 is 5.21 Å². The van der Waals surface area contributed by atoms with Crippen LogP contribution in [0.4, 0.5) is 0 Å². The lowest BCUT2D eigenvalue weighted by atomic mass is 10.1. The number of nitrogens with zero attached hydrogens (tertiary/aromatic N) is 1. The molecule has 18 heavy (non-hydrogen) atoms. The highest BCUT2D eigenvalue weighted by molar-refractivity contribution is 7.98. The van der Waals surface area contributed by atoms with Gasteiger partial charge in [0.2, 0.25) is 0 Å². The third kappa shape index (κ3) is 3.05. The fourth-order valence-electron chi connectivity index (χ4n) is 1.78. The highest BCUT2D eigenvalue weighted by Gasteiger charge is 2.08. The normalized spacial score (nSPS) is 10.6. The van der Waals surface area contributed by atoms with Crippen LogP contribution in [0.25, 0.3) is 0 Å². The van der Waals surface area contributed by atoms with Gasteiger partial charge in [-0.3, -0.25) is 0 Å². The van der Waals surface area contributed by atoms with Gasteiger partial charge in [0, 0.05) is 17.9 Å². The van der Waals surface area contributed by atoms with Gasteiger partial charge in [0.1, 0.15) is 0 Å². The number of hydrogen-bond acceptors (Lipinski definition) is 2. The van der Waals surface area contributed by atoms with E-state index in [0.717, 1.165) is 21.1 Å². The van der Waals surface area contributed by atoms with Crippen LogP contribution >= 0.6 is 11.8 Å². The summed E-state index contributed by atoms with van der Waals surface area (Å²) in [6.07, 6.45) is 1.57. The molecule has 2 nitrogen and oxygen atoms in total. The molecular weight excluding hydrogens is 242 g/mol. The van der Waals surface area contributed by atoms with E-state index >= 15 is 0 Å². The van der Waals surface area contributed by atoms with Crippen molar-refractivity contribution >= 4 is 11.8 Å². The highest BCUT2D eigenvalue weighted by Crippen LogP contribution is 2.23. The second-order valence-electron chi connectivity index (χ2n) is 4.59. The van der Waals surface area contributed by atoms with E-state index in [-0.39, 0.29) is 0 Å². The van der Waals surface area contributed by atoms with Crippen LogP contribution < -0.4 is 4.73 Å². The van der Waals surface area contributed by atoms with Crippen LogP contribution in [0.1, 0.15) is 22.3 Å². The van der Waals surface area contributed by atoms with E-state index in [1.54, 1.807) is 18.0 Å². The van der Waals surface area contributed by atoms with Crippen molar-refractivity contribution in [2.24, 2.45) is 0 Å². The van der Waals surface area contributed by atoms with Gasteiger partial charge in [-0.15, -0.1) is 0 Å². The Kier molecular flexibility index (Phi) is 3.92. The molecule has 0 aliphatic rings. The largest absolute Gasteiger partial charge is 0.618 e. The Morgan fingerprint density at radius 2 is 1.78 bits per heavy atom. The molecule has 94 valence electrons. The van der Waals surface area contributed by atoms with Crippen LogP contribution in [0.2, 0.25) is 0 Å². The summed E-state index contributed by atoms with van der Waals surface area (Å²) >= 11 is 1.59. The van der Waals surface area contributed by atoms with E-state index in [4.69, 9.17) is 0 Å². The minimum atomic E-state index is 0.760. The molecule has 0 spiro atoms. The van der Waals surface area contributed by atoms with E-state index < -0.39 is 0 Å². The van der Waals surface area contributed by atoms with Crippen LogP contribution in [0.15, 0.2) is 41.6 Å². The van der Waals surface area contributed by atoms with Crippen LogP contribution in [-0.2, 0) is 5.75 Å². The monoisotopic (exact) mass is 259 g/mol. The van der Waals surface area contributed by atoms with E-state index in [2.05, 4.69) is 32.0 Å². The molecule has 0 atom stereocenters. The first-order chi connectivity index (χ1) is 8.56.